The van der Waals surface area contributed by atoms with Crippen molar-refractivity contribution < 1.29 is 14.0 Å². The molecule has 0 aliphatic heterocycles. The highest BCUT2D eigenvalue weighted by Gasteiger charge is 2.15. The fraction of sp³-hybridized carbons (Fsp3) is 0.129. The summed E-state index contributed by atoms with van der Waals surface area (Å²) in [6.07, 6.45) is 3.01. The van der Waals surface area contributed by atoms with Gasteiger partial charge in [0.2, 0.25) is 0 Å². The van der Waals surface area contributed by atoms with Crippen LogP contribution >= 0.6 is 11.6 Å². The van der Waals surface area contributed by atoms with Gasteiger partial charge in [-0.05, 0) is 86.2 Å². The molecule has 0 spiro atoms. The molecule has 39 heavy (non-hydrogen) atoms. The van der Waals surface area contributed by atoms with Crippen LogP contribution in [0.3, 0.4) is 0 Å². The number of carbonyl (C=O) groups excluding carboxylic acids is 2. The van der Waals surface area contributed by atoms with Gasteiger partial charge in [0, 0.05) is 34.9 Å². The first kappa shape index (κ1) is 27.4. The molecule has 198 valence electrons. The number of hydrazone groups is 1. The van der Waals surface area contributed by atoms with E-state index in [4.69, 9.17) is 16.0 Å². The Labute approximate surface area is 232 Å². The van der Waals surface area contributed by atoms with Crippen LogP contribution in [-0.4, -0.2) is 31.1 Å². The van der Waals surface area contributed by atoms with Gasteiger partial charge in [-0.25, -0.2) is 5.43 Å². The first-order valence-corrected chi connectivity index (χ1v) is 13.0. The Morgan fingerprint density at radius 2 is 1.59 bits per heavy atom. The summed E-state index contributed by atoms with van der Waals surface area (Å²) in [6, 6.07) is 27.3. The number of hydrogen-bond acceptors (Lipinski definition) is 5. The van der Waals surface area contributed by atoms with Crippen molar-refractivity contribution in [3.05, 3.63) is 119 Å². The second kappa shape index (κ2) is 13.3. The predicted octanol–water partition coefficient (Wildman–Crippen LogP) is 6.37. The minimum absolute atomic E-state index is 0.0536. The molecule has 1 heterocycles. The molecule has 8 heteroatoms. The number of nitrogens with zero attached hydrogens (tertiary/aromatic N) is 2. The van der Waals surface area contributed by atoms with Crippen molar-refractivity contribution in [3.8, 4) is 11.3 Å². The second-order valence-electron chi connectivity index (χ2n) is 8.55. The maximum Gasteiger partial charge on any atom is 0.287 e. The summed E-state index contributed by atoms with van der Waals surface area (Å²) < 4.78 is 5.79. The molecule has 0 saturated carbocycles. The standard InChI is InChI=1S/C31H29ClN4O3/c1-3-36(4-2)26-16-10-22(11-17-26)20-28(34-30(37)24-8-6-5-7-9-24)31(38)35-33-21-27-18-19-29(39-27)23-12-14-25(32)15-13-23/h5-21H,3-4H2,1-2H3,(H,34,37)(H,35,38)/b28-20-,33-21?. The second-order valence-corrected chi connectivity index (χ2v) is 8.99. The van der Waals surface area contributed by atoms with Gasteiger partial charge in [0.25, 0.3) is 11.8 Å². The zero-order valence-electron chi connectivity index (χ0n) is 21.7. The summed E-state index contributed by atoms with van der Waals surface area (Å²) in [5, 5.41) is 7.38. The summed E-state index contributed by atoms with van der Waals surface area (Å²) in [7, 11) is 0. The number of nitrogens with one attached hydrogen (secondary N) is 2. The molecule has 1 aromatic heterocycles. The number of amides is 2. The lowest BCUT2D eigenvalue weighted by molar-refractivity contribution is -0.117. The van der Waals surface area contributed by atoms with Gasteiger partial charge in [0.1, 0.15) is 17.2 Å². The van der Waals surface area contributed by atoms with Crippen LogP contribution in [0.1, 0.15) is 35.5 Å². The molecule has 0 aliphatic carbocycles. The highest BCUT2D eigenvalue weighted by atomic mass is 35.5. The lowest BCUT2D eigenvalue weighted by Gasteiger charge is -2.20. The maximum absolute atomic E-state index is 13.1. The monoisotopic (exact) mass is 540 g/mol. The Bertz CT molecular complexity index is 1460. The maximum atomic E-state index is 13.1. The number of carbonyl (C=O) groups is 2. The van der Waals surface area contributed by atoms with E-state index in [2.05, 4.69) is 34.6 Å². The van der Waals surface area contributed by atoms with Crippen LogP contribution in [0.4, 0.5) is 5.69 Å². The average Bonchev–Trinajstić information content (AvgIpc) is 3.44. The van der Waals surface area contributed by atoms with Crippen molar-refractivity contribution in [2.75, 3.05) is 18.0 Å². The minimum Gasteiger partial charge on any atom is -0.455 e. The molecule has 0 atom stereocenters. The van der Waals surface area contributed by atoms with Gasteiger partial charge in [-0.2, -0.15) is 5.10 Å². The Hall–Kier alpha value is -4.62. The van der Waals surface area contributed by atoms with Crippen LogP contribution in [0.15, 0.2) is 106 Å². The molecule has 0 fully saturated rings. The molecule has 2 N–H and O–H groups in total. The van der Waals surface area contributed by atoms with E-state index in [1.54, 1.807) is 54.6 Å². The summed E-state index contributed by atoms with van der Waals surface area (Å²) in [6.45, 7) is 5.98. The van der Waals surface area contributed by atoms with Crippen LogP contribution in [-0.2, 0) is 4.79 Å². The molecule has 0 radical (unpaired) electrons. The number of hydrogen-bond donors (Lipinski definition) is 2. The van der Waals surface area contributed by atoms with Crippen LogP contribution in [0.5, 0.6) is 0 Å². The highest BCUT2D eigenvalue weighted by molar-refractivity contribution is 6.30. The molecule has 2 amide bonds. The lowest BCUT2D eigenvalue weighted by atomic mass is 10.1. The van der Waals surface area contributed by atoms with Gasteiger partial charge in [-0.1, -0.05) is 41.9 Å². The quantitative estimate of drug-likeness (QED) is 0.139. The van der Waals surface area contributed by atoms with E-state index in [0.717, 1.165) is 29.9 Å². The van der Waals surface area contributed by atoms with Crippen LogP contribution in [0.25, 0.3) is 17.4 Å². The van der Waals surface area contributed by atoms with Gasteiger partial charge in [0.05, 0.1) is 6.21 Å². The molecule has 4 rings (SSSR count). The number of halogens is 1. The Morgan fingerprint density at radius 3 is 2.26 bits per heavy atom. The Kier molecular flexibility index (Phi) is 9.32. The Balaban J connectivity index is 1.51. The summed E-state index contributed by atoms with van der Waals surface area (Å²) in [4.78, 5) is 28.1. The zero-order chi connectivity index (χ0) is 27.6. The van der Waals surface area contributed by atoms with Gasteiger partial charge < -0.3 is 14.6 Å². The molecule has 0 aliphatic rings. The lowest BCUT2D eigenvalue weighted by Crippen LogP contribution is -2.32. The van der Waals surface area contributed by atoms with Crippen molar-refractivity contribution >= 4 is 41.4 Å². The summed E-state index contributed by atoms with van der Waals surface area (Å²) >= 11 is 5.95. The van der Waals surface area contributed by atoms with E-state index >= 15 is 0 Å². The van der Waals surface area contributed by atoms with Crippen molar-refractivity contribution in [2.45, 2.75) is 13.8 Å². The van der Waals surface area contributed by atoms with Crippen molar-refractivity contribution in [1.82, 2.24) is 10.7 Å². The van der Waals surface area contributed by atoms with Crippen molar-refractivity contribution in [2.24, 2.45) is 5.10 Å². The van der Waals surface area contributed by atoms with E-state index in [9.17, 15) is 9.59 Å². The fourth-order valence-electron chi connectivity index (χ4n) is 3.89. The number of anilines is 1. The summed E-state index contributed by atoms with van der Waals surface area (Å²) in [5.74, 6) is 0.113. The normalized spacial score (nSPS) is 11.4. The van der Waals surface area contributed by atoms with E-state index in [0.29, 0.717) is 22.1 Å². The minimum atomic E-state index is -0.576. The molecular weight excluding hydrogens is 512 g/mol. The molecule has 0 bridgehead atoms. The van der Waals surface area contributed by atoms with Crippen molar-refractivity contribution in [3.63, 3.8) is 0 Å². The van der Waals surface area contributed by atoms with Gasteiger partial charge in [-0.15, -0.1) is 0 Å². The third-order valence-corrected chi connectivity index (χ3v) is 6.23. The first-order chi connectivity index (χ1) is 19.0. The SMILES string of the molecule is CCN(CC)c1ccc(/C=C(\NC(=O)c2ccccc2)C(=O)NN=Cc2ccc(-c3ccc(Cl)cc3)o2)cc1. The van der Waals surface area contributed by atoms with Crippen LogP contribution in [0.2, 0.25) is 5.02 Å². The van der Waals surface area contributed by atoms with E-state index < -0.39 is 11.8 Å². The number of rotatable bonds is 10. The van der Waals surface area contributed by atoms with Gasteiger partial charge in [-0.3, -0.25) is 9.59 Å². The molecule has 4 aromatic rings. The molecule has 0 saturated heterocycles. The third kappa shape index (κ3) is 7.46. The highest BCUT2D eigenvalue weighted by Crippen LogP contribution is 2.23. The third-order valence-electron chi connectivity index (χ3n) is 5.97. The number of benzene rings is 3. The largest absolute Gasteiger partial charge is 0.455 e. The van der Waals surface area contributed by atoms with Gasteiger partial charge >= 0.3 is 0 Å². The smallest absolute Gasteiger partial charge is 0.287 e. The van der Waals surface area contributed by atoms with Crippen LogP contribution in [0, 0.1) is 0 Å². The first-order valence-electron chi connectivity index (χ1n) is 12.6. The molecule has 3 aromatic carbocycles. The van der Waals surface area contributed by atoms with Gasteiger partial charge in [0.15, 0.2) is 0 Å². The number of furan rings is 1. The van der Waals surface area contributed by atoms with E-state index in [1.165, 1.54) is 6.21 Å². The molecule has 7 nitrogen and oxygen atoms in total. The fourth-order valence-corrected chi connectivity index (χ4v) is 4.01. The molecule has 0 unspecified atom stereocenters. The van der Waals surface area contributed by atoms with Crippen molar-refractivity contribution in [1.29, 1.82) is 0 Å². The van der Waals surface area contributed by atoms with Crippen LogP contribution < -0.4 is 15.6 Å². The average molecular weight is 541 g/mol. The zero-order valence-corrected chi connectivity index (χ0v) is 22.5. The van der Waals surface area contributed by atoms with E-state index in [1.807, 2.05) is 42.5 Å². The predicted molar refractivity (Wildman–Crippen MR) is 157 cm³/mol. The topological polar surface area (TPSA) is 86.9 Å². The summed E-state index contributed by atoms with van der Waals surface area (Å²) in [5.41, 5.74) is 5.66. The molecular formula is C31H29ClN4O3. The van der Waals surface area contributed by atoms with E-state index in [-0.39, 0.29) is 5.70 Å². The Morgan fingerprint density at radius 1 is 0.897 bits per heavy atom.